The molecule has 6 bridgehead atoms. The molecule has 0 saturated heterocycles. The maximum atomic E-state index is 2.62. The maximum absolute atomic E-state index is 2.62. The molecule has 126 valence electrons. The van der Waals surface area contributed by atoms with Crippen LogP contribution in [0.1, 0.15) is 38.5 Å². The fourth-order valence-corrected chi connectivity index (χ4v) is 9.12. The normalized spacial score (nSPS) is 64.0. The van der Waals surface area contributed by atoms with E-state index in [1.54, 1.807) is 19.3 Å². The summed E-state index contributed by atoms with van der Waals surface area (Å²) < 4.78 is 0. The van der Waals surface area contributed by atoms with Crippen LogP contribution in [0, 0.1) is 71.0 Å². The zero-order chi connectivity index (χ0) is 15.4. The lowest BCUT2D eigenvalue weighted by atomic mass is 9.70. The van der Waals surface area contributed by atoms with E-state index in [1.807, 2.05) is 0 Å². The molecule has 7 aliphatic rings. The minimum absolute atomic E-state index is 0.953. The number of fused-ring (bicyclic) bond motifs is 15. The molecule has 7 aliphatic carbocycles. The first kappa shape index (κ1) is 13.4. The Balaban J connectivity index is 1.32. The largest absolute Gasteiger partial charge is 0.0848 e. The lowest BCUT2D eigenvalue weighted by molar-refractivity contribution is 0.186. The van der Waals surface area contributed by atoms with Crippen LogP contribution in [-0.4, -0.2) is 0 Å². The Bertz CT molecular complexity index is 515. The fourth-order valence-electron chi connectivity index (χ4n) is 9.12. The fraction of sp³-hybridized carbons (Fsp3) is 0.750. The molecule has 4 saturated carbocycles. The van der Waals surface area contributed by atoms with E-state index in [1.165, 1.54) is 19.3 Å². The molecule has 0 spiro atoms. The van der Waals surface area contributed by atoms with Gasteiger partial charge in [0.1, 0.15) is 0 Å². The predicted molar refractivity (Wildman–Crippen MR) is 97.0 cm³/mol. The van der Waals surface area contributed by atoms with Gasteiger partial charge in [-0.15, -0.1) is 0 Å². The van der Waals surface area contributed by atoms with Crippen molar-refractivity contribution in [2.45, 2.75) is 38.5 Å². The van der Waals surface area contributed by atoms with Crippen molar-refractivity contribution in [3.63, 3.8) is 0 Å². The molecule has 12 atom stereocenters. The molecule has 0 heterocycles. The SMILES string of the molecule is C1=CC2CC1C1CC3C4C=CC(C4)C3CC3C4C=CC(C4)C3CC21. The van der Waals surface area contributed by atoms with Crippen LogP contribution >= 0.6 is 0 Å². The molecule has 0 amide bonds. The first-order valence-electron chi connectivity index (χ1n) is 10.9. The summed E-state index contributed by atoms with van der Waals surface area (Å²) in [5.74, 6) is 12.0. The van der Waals surface area contributed by atoms with Gasteiger partial charge in [-0.1, -0.05) is 36.5 Å². The van der Waals surface area contributed by atoms with Crippen LogP contribution in [0.25, 0.3) is 0 Å². The second-order valence-corrected chi connectivity index (χ2v) is 10.5. The van der Waals surface area contributed by atoms with E-state index < -0.39 is 0 Å². The van der Waals surface area contributed by atoms with Gasteiger partial charge in [0.2, 0.25) is 0 Å². The second kappa shape index (κ2) is 4.49. The van der Waals surface area contributed by atoms with Gasteiger partial charge in [0.25, 0.3) is 0 Å². The quantitative estimate of drug-likeness (QED) is 0.518. The second-order valence-electron chi connectivity index (χ2n) is 10.5. The molecule has 0 nitrogen and oxygen atoms in total. The molecule has 0 aromatic heterocycles. The van der Waals surface area contributed by atoms with Crippen molar-refractivity contribution in [1.29, 1.82) is 0 Å². The molecule has 24 heavy (non-hydrogen) atoms. The van der Waals surface area contributed by atoms with E-state index in [4.69, 9.17) is 0 Å². The van der Waals surface area contributed by atoms with Crippen LogP contribution in [0.15, 0.2) is 36.5 Å². The summed E-state index contributed by atoms with van der Waals surface area (Å²) in [4.78, 5) is 0. The van der Waals surface area contributed by atoms with Gasteiger partial charge in [0.05, 0.1) is 0 Å². The molecule has 12 unspecified atom stereocenters. The van der Waals surface area contributed by atoms with Crippen molar-refractivity contribution in [2.24, 2.45) is 71.0 Å². The van der Waals surface area contributed by atoms with E-state index in [2.05, 4.69) is 36.5 Å². The summed E-state index contributed by atoms with van der Waals surface area (Å²) in [5, 5.41) is 0. The first-order chi connectivity index (χ1) is 11.8. The van der Waals surface area contributed by atoms with Crippen molar-refractivity contribution in [3.8, 4) is 0 Å². The Morgan fingerprint density at radius 3 is 0.708 bits per heavy atom. The highest BCUT2D eigenvalue weighted by molar-refractivity contribution is 5.21. The third-order valence-electron chi connectivity index (χ3n) is 10.0. The summed E-state index contributed by atoms with van der Waals surface area (Å²) in [6, 6.07) is 0. The van der Waals surface area contributed by atoms with E-state index >= 15 is 0 Å². The lowest BCUT2D eigenvalue weighted by Gasteiger charge is -2.34. The van der Waals surface area contributed by atoms with Crippen LogP contribution in [0.3, 0.4) is 0 Å². The Labute approximate surface area is 146 Å². The Morgan fingerprint density at radius 1 is 0.292 bits per heavy atom. The van der Waals surface area contributed by atoms with Gasteiger partial charge < -0.3 is 0 Å². The molecule has 0 N–H and O–H groups in total. The van der Waals surface area contributed by atoms with Crippen molar-refractivity contribution in [2.75, 3.05) is 0 Å². The summed E-state index contributed by atoms with van der Waals surface area (Å²) >= 11 is 0. The molecule has 0 aromatic rings. The molecular formula is C24H30. The van der Waals surface area contributed by atoms with Crippen molar-refractivity contribution in [1.82, 2.24) is 0 Å². The van der Waals surface area contributed by atoms with Crippen LogP contribution in [0.2, 0.25) is 0 Å². The molecule has 4 fully saturated rings. The minimum atomic E-state index is 0.953. The maximum Gasteiger partial charge on any atom is -0.0196 e. The smallest absolute Gasteiger partial charge is 0.0196 e. The van der Waals surface area contributed by atoms with E-state index in [0.717, 1.165) is 71.0 Å². The molecule has 0 heteroatoms. The number of rotatable bonds is 0. The van der Waals surface area contributed by atoms with Crippen LogP contribution in [0.4, 0.5) is 0 Å². The highest BCUT2D eigenvalue weighted by atomic mass is 14.6. The molecule has 0 aliphatic heterocycles. The monoisotopic (exact) mass is 318 g/mol. The Hall–Kier alpha value is -0.780. The summed E-state index contributed by atoms with van der Waals surface area (Å²) in [6.45, 7) is 0. The van der Waals surface area contributed by atoms with Crippen molar-refractivity contribution < 1.29 is 0 Å². The highest BCUT2D eigenvalue weighted by Crippen LogP contribution is 2.64. The van der Waals surface area contributed by atoms with Gasteiger partial charge >= 0.3 is 0 Å². The summed E-state index contributed by atoms with van der Waals surface area (Å²) in [5.41, 5.74) is 0. The number of allylic oxidation sites excluding steroid dienone is 6. The van der Waals surface area contributed by atoms with Gasteiger partial charge in [0.15, 0.2) is 0 Å². The first-order valence-corrected chi connectivity index (χ1v) is 10.9. The standard InChI is InChI=1S/C24H30/c1-2-14-7-13(1)19-10-21-15-3-4-17(8-15)23(21)12-24-18-6-5-16(9-18)22(24)11-20(14)19/h1-6,13-24H,7-12H2. The minimum Gasteiger partial charge on any atom is -0.0848 e. The zero-order valence-corrected chi connectivity index (χ0v) is 14.6. The van der Waals surface area contributed by atoms with E-state index in [0.29, 0.717) is 0 Å². The van der Waals surface area contributed by atoms with Gasteiger partial charge in [0, 0.05) is 0 Å². The lowest BCUT2D eigenvalue weighted by Crippen LogP contribution is -2.27. The van der Waals surface area contributed by atoms with Gasteiger partial charge in [-0.3, -0.25) is 0 Å². The average molecular weight is 319 g/mol. The zero-order valence-electron chi connectivity index (χ0n) is 14.6. The van der Waals surface area contributed by atoms with Gasteiger partial charge in [-0.2, -0.15) is 0 Å². The van der Waals surface area contributed by atoms with Crippen molar-refractivity contribution in [3.05, 3.63) is 36.5 Å². The van der Waals surface area contributed by atoms with Gasteiger partial charge in [-0.25, -0.2) is 0 Å². The highest BCUT2D eigenvalue weighted by Gasteiger charge is 2.56. The van der Waals surface area contributed by atoms with E-state index in [9.17, 15) is 0 Å². The number of hydrogen-bond donors (Lipinski definition) is 0. The van der Waals surface area contributed by atoms with Crippen LogP contribution in [0.5, 0.6) is 0 Å². The third-order valence-corrected chi connectivity index (χ3v) is 10.0. The molecule has 0 radical (unpaired) electrons. The van der Waals surface area contributed by atoms with E-state index in [-0.39, 0.29) is 0 Å². The third kappa shape index (κ3) is 1.57. The predicted octanol–water partition coefficient (Wildman–Crippen LogP) is 5.49. The molecule has 7 rings (SSSR count). The summed E-state index contributed by atoms with van der Waals surface area (Å²) in [6.07, 6.45) is 25.0. The molecular weight excluding hydrogens is 288 g/mol. The van der Waals surface area contributed by atoms with Gasteiger partial charge in [-0.05, 0) is 110 Å². The topological polar surface area (TPSA) is 0 Å². The number of hydrogen-bond acceptors (Lipinski definition) is 0. The van der Waals surface area contributed by atoms with Crippen LogP contribution in [-0.2, 0) is 0 Å². The summed E-state index contributed by atoms with van der Waals surface area (Å²) in [7, 11) is 0. The Morgan fingerprint density at radius 2 is 0.500 bits per heavy atom. The van der Waals surface area contributed by atoms with Crippen LogP contribution < -0.4 is 0 Å². The van der Waals surface area contributed by atoms with Crippen molar-refractivity contribution >= 4 is 0 Å². The Kier molecular flexibility index (Phi) is 2.51. The average Bonchev–Trinajstić information content (AvgIpc) is 3.40. The molecule has 0 aromatic carbocycles.